The van der Waals surface area contributed by atoms with E-state index in [1.807, 2.05) is 0 Å². The predicted molar refractivity (Wildman–Crippen MR) is 58.4 cm³/mol. The Labute approximate surface area is 99.9 Å². The molecule has 90 valence electrons. The molecule has 0 amide bonds. The summed E-state index contributed by atoms with van der Waals surface area (Å²) >= 11 is 0. The standard InChI is InChI=1S/C10H7N5O3/c16-6-3-1-2-5(7(6)17)10-13-9(15-18-10)8-11-4-12-14-8/h1-4,16-17H,(H,11,12,14). The molecule has 0 saturated carbocycles. The molecule has 1 aromatic carbocycles. The number of nitrogens with one attached hydrogen (secondary N) is 1. The van der Waals surface area contributed by atoms with Gasteiger partial charge in [0.2, 0.25) is 5.82 Å². The van der Waals surface area contributed by atoms with Gasteiger partial charge >= 0.3 is 0 Å². The quantitative estimate of drug-likeness (QED) is 0.574. The van der Waals surface area contributed by atoms with Gasteiger partial charge in [-0.25, -0.2) is 4.98 Å². The van der Waals surface area contributed by atoms with Crippen LogP contribution in [0, 0.1) is 0 Å². The first kappa shape index (κ1) is 10.3. The maximum atomic E-state index is 9.68. The van der Waals surface area contributed by atoms with Gasteiger partial charge < -0.3 is 14.7 Å². The van der Waals surface area contributed by atoms with Crippen molar-refractivity contribution in [1.29, 1.82) is 0 Å². The molecule has 2 heterocycles. The number of aromatic amines is 1. The minimum Gasteiger partial charge on any atom is -0.504 e. The first-order valence-corrected chi connectivity index (χ1v) is 4.96. The number of H-pyrrole nitrogens is 1. The molecule has 0 radical (unpaired) electrons. The van der Waals surface area contributed by atoms with Gasteiger partial charge in [-0.1, -0.05) is 11.2 Å². The Hall–Kier alpha value is -2.90. The Balaban J connectivity index is 2.06. The second-order valence-electron chi connectivity index (χ2n) is 3.43. The van der Waals surface area contributed by atoms with E-state index in [2.05, 4.69) is 25.3 Å². The molecule has 3 N–H and O–H groups in total. The molecule has 0 saturated heterocycles. The normalized spacial score (nSPS) is 10.7. The predicted octanol–water partition coefficient (Wildman–Crippen LogP) is 0.933. The van der Waals surface area contributed by atoms with Crippen LogP contribution in [0.3, 0.4) is 0 Å². The monoisotopic (exact) mass is 245 g/mol. The molecule has 8 nitrogen and oxygen atoms in total. The molecule has 8 heteroatoms. The van der Waals surface area contributed by atoms with E-state index in [9.17, 15) is 10.2 Å². The first-order valence-electron chi connectivity index (χ1n) is 4.96. The molecule has 0 unspecified atom stereocenters. The van der Waals surface area contributed by atoms with Crippen molar-refractivity contribution in [2.45, 2.75) is 0 Å². The van der Waals surface area contributed by atoms with Gasteiger partial charge in [0.05, 0.1) is 5.56 Å². The molecule has 0 bridgehead atoms. The molecule has 0 aliphatic heterocycles. The lowest BCUT2D eigenvalue weighted by Gasteiger charge is -2.00. The maximum absolute atomic E-state index is 9.68. The summed E-state index contributed by atoms with van der Waals surface area (Å²) in [5.41, 5.74) is 0.244. The van der Waals surface area contributed by atoms with Crippen LogP contribution in [0.2, 0.25) is 0 Å². The number of rotatable bonds is 2. The van der Waals surface area contributed by atoms with Crippen molar-refractivity contribution in [3.8, 4) is 34.6 Å². The third-order valence-electron chi connectivity index (χ3n) is 2.30. The number of aromatic hydroxyl groups is 2. The lowest BCUT2D eigenvalue weighted by Crippen LogP contribution is -1.84. The Morgan fingerprint density at radius 3 is 2.89 bits per heavy atom. The van der Waals surface area contributed by atoms with E-state index in [1.54, 1.807) is 12.1 Å². The van der Waals surface area contributed by atoms with Gasteiger partial charge in [-0.15, -0.1) is 0 Å². The van der Waals surface area contributed by atoms with Crippen molar-refractivity contribution >= 4 is 0 Å². The third-order valence-corrected chi connectivity index (χ3v) is 2.30. The van der Waals surface area contributed by atoms with Crippen LogP contribution in [0.15, 0.2) is 29.0 Å². The van der Waals surface area contributed by atoms with Gasteiger partial charge in [0.15, 0.2) is 17.3 Å². The highest BCUT2D eigenvalue weighted by Gasteiger charge is 2.16. The average Bonchev–Trinajstić information content (AvgIpc) is 3.01. The van der Waals surface area contributed by atoms with E-state index in [4.69, 9.17) is 4.52 Å². The van der Waals surface area contributed by atoms with Crippen LogP contribution < -0.4 is 0 Å². The zero-order valence-electron chi connectivity index (χ0n) is 8.90. The minimum absolute atomic E-state index is 0.0785. The highest BCUT2D eigenvalue weighted by molar-refractivity contribution is 5.67. The van der Waals surface area contributed by atoms with Gasteiger partial charge in [-0.2, -0.15) is 10.1 Å². The third kappa shape index (κ3) is 1.56. The molecular formula is C10H7N5O3. The van der Waals surface area contributed by atoms with Gasteiger partial charge in [-0.05, 0) is 12.1 Å². The Bertz CT molecular complexity index is 677. The summed E-state index contributed by atoms with van der Waals surface area (Å²) in [6.07, 6.45) is 1.32. The van der Waals surface area contributed by atoms with E-state index < -0.39 is 0 Å². The summed E-state index contributed by atoms with van der Waals surface area (Å²) in [5.74, 6) is 0.0712. The molecule has 0 aliphatic carbocycles. The lowest BCUT2D eigenvalue weighted by molar-refractivity contribution is 0.397. The Morgan fingerprint density at radius 2 is 2.11 bits per heavy atom. The second kappa shape index (κ2) is 3.84. The van der Waals surface area contributed by atoms with Gasteiger partial charge in [0, 0.05) is 0 Å². The summed E-state index contributed by atoms with van der Waals surface area (Å²) in [5, 5.41) is 29.0. The van der Waals surface area contributed by atoms with E-state index in [-0.39, 0.29) is 28.8 Å². The summed E-state index contributed by atoms with van der Waals surface area (Å²) in [7, 11) is 0. The van der Waals surface area contributed by atoms with Gasteiger partial charge in [0.25, 0.3) is 5.89 Å². The number of benzene rings is 1. The molecule has 0 aliphatic rings. The van der Waals surface area contributed by atoms with Crippen molar-refractivity contribution in [3.05, 3.63) is 24.5 Å². The molecular weight excluding hydrogens is 238 g/mol. The summed E-state index contributed by atoms with van der Waals surface area (Å²) in [6.45, 7) is 0. The van der Waals surface area contributed by atoms with Crippen molar-refractivity contribution in [1.82, 2.24) is 25.3 Å². The zero-order valence-corrected chi connectivity index (χ0v) is 8.90. The molecule has 0 fully saturated rings. The first-order chi connectivity index (χ1) is 8.75. The van der Waals surface area contributed by atoms with E-state index >= 15 is 0 Å². The smallest absolute Gasteiger partial charge is 0.262 e. The Morgan fingerprint density at radius 1 is 1.22 bits per heavy atom. The van der Waals surface area contributed by atoms with Crippen LogP contribution in [-0.4, -0.2) is 35.5 Å². The molecule has 18 heavy (non-hydrogen) atoms. The van der Waals surface area contributed by atoms with E-state index in [0.717, 1.165) is 0 Å². The molecule has 0 spiro atoms. The van der Waals surface area contributed by atoms with Crippen molar-refractivity contribution < 1.29 is 14.7 Å². The number of para-hydroxylation sites is 1. The van der Waals surface area contributed by atoms with Crippen LogP contribution in [-0.2, 0) is 0 Å². The molecule has 3 rings (SSSR count). The summed E-state index contributed by atoms with van der Waals surface area (Å²) in [4.78, 5) is 7.91. The topological polar surface area (TPSA) is 121 Å². The number of hydrogen-bond donors (Lipinski definition) is 3. The van der Waals surface area contributed by atoms with Crippen molar-refractivity contribution in [2.75, 3.05) is 0 Å². The van der Waals surface area contributed by atoms with Gasteiger partial charge in [0.1, 0.15) is 6.33 Å². The SMILES string of the molecule is Oc1cccc(-c2nc(-c3ncn[nH]3)no2)c1O. The molecule has 2 aromatic heterocycles. The largest absolute Gasteiger partial charge is 0.504 e. The summed E-state index contributed by atoms with van der Waals surface area (Å²) < 4.78 is 4.99. The highest BCUT2D eigenvalue weighted by atomic mass is 16.5. The van der Waals surface area contributed by atoms with E-state index in [1.165, 1.54) is 12.4 Å². The fourth-order valence-electron chi connectivity index (χ4n) is 1.45. The van der Waals surface area contributed by atoms with Crippen molar-refractivity contribution in [3.63, 3.8) is 0 Å². The summed E-state index contributed by atoms with van der Waals surface area (Å²) in [6, 6.07) is 4.46. The zero-order chi connectivity index (χ0) is 12.5. The van der Waals surface area contributed by atoms with E-state index in [0.29, 0.717) is 5.82 Å². The number of hydrogen-bond acceptors (Lipinski definition) is 7. The minimum atomic E-state index is -0.315. The highest BCUT2D eigenvalue weighted by Crippen LogP contribution is 2.35. The number of nitrogens with zero attached hydrogens (tertiary/aromatic N) is 4. The fraction of sp³-hybridized carbons (Fsp3) is 0. The van der Waals surface area contributed by atoms with Crippen LogP contribution in [0.5, 0.6) is 11.5 Å². The number of phenols is 2. The van der Waals surface area contributed by atoms with Crippen molar-refractivity contribution in [2.24, 2.45) is 0 Å². The fourth-order valence-corrected chi connectivity index (χ4v) is 1.45. The van der Waals surface area contributed by atoms with Gasteiger partial charge in [-0.3, -0.25) is 5.10 Å². The number of phenolic OH excluding ortho intramolecular Hbond substituents is 2. The molecule has 0 atom stereocenters. The number of aromatic nitrogens is 5. The van der Waals surface area contributed by atoms with Crippen LogP contribution in [0.25, 0.3) is 23.1 Å². The average molecular weight is 245 g/mol. The second-order valence-corrected chi connectivity index (χ2v) is 3.43. The maximum Gasteiger partial charge on any atom is 0.262 e. The molecule has 3 aromatic rings. The Kier molecular flexibility index (Phi) is 2.19. The lowest BCUT2D eigenvalue weighted by atomic mass is 10.2. The van der Waals surface area contributed by atoms with Crippen LogP contribution in [0.4, 0.5) is 0 Å². The van der Waals surface area contributed by atoms with Crippen LogP contribution in [0.1, 0.15) is 0 Å². The van der Waals surface area contributed by atoms with Crippen LogP contribution >= 0.6 is 0 Å².